The predicted molar refractivity (Wildman–Crippen MR) is 114 cm³/mol. The molecule has 28 heavy (non-hydrogen) atoms. The lowest BCUT2D eigenvalue weighted by atomic mass is 9.94. The number of nitrogens with zero attached hydrogens (tertiary/aromatic N) is 1. The van der Waals surface area contributed by atoms with Crippen LogP contribution in [-0.4, -0.2) is 31.0 Å². The van der Waals surface area contributed by atoms with Gasteiger partial charge in [-0.2, -0.15) is 0 Å². The molecule has 1 unspecified atom stereocenters. The lowest BCUT2D eigenvalue weighted by Crippen LogP contribution is -2.37. The normalized spacial score (nSPS) is 17.0. The molecule has 0 spiro atoms. The summed E-state index contributed by atoms with van der Waals surface area (Å²) in [5.41, 5.74) is 5.33. The number of nitrogens with one attached hydrogen (secondary N) is 1. The van der Waals surface area contributed by atoms with Gasteiger partial charge in [0, 0.05) is 28.3 Å². The van der Waals surface area contributed by atoms with Crippen molar-refractivity contribution in [1.82, 2.24) is 4.90 Å². The van der Waals surface area contributed by atoms with Crippen molar-refractivity contribution in [2.75, 3.05) is 25.0 Å². The number of benzene rings is 3. The lowest BCUT2D eigenvalue weighted by Gasteiger charge is -2.31. The van der Waals surface area contributed by atoms with Gasteiger partial charge in [0.05, 0.1) is 13.2 Å². The average molecular weight is 395 g/mol. The van der Waals surface area contributed by atoms with Gasteiger partial charge in [0.15, 0.2) is 0 Å². The molecule has 1 amide bonds. The van der Waals surface area contributed by atoms with Gasteiger partial charge in [0.1, 0.15) is 6.10 Å². The molecule has 4 rings (SSSR count). The Bertz CT molecular complexity index is 1030. The van der Waals surface area contributed by atoms with E-state index in [1.165, 1.54) is 10.9 Å². The third-order valence-corrected chi connectivity index (χ3v) is 5.73. The molecule has 0 saturated carbocycles. The molecule has 3 aromatic rings. The number of anilines is 2. The molecule has 1 aliphatic heterocycles. The van der Waals surface area contributed by atoms with E-state index in [2.05, 4.69) is 42.6 Å². The van der Waals surface area contributed by atoms with Crippen LogP contribution in [0.2, 0.25) is 5.02 Å². The molecule has 0 bridgehead atoms. The quantitative estimate of drug-likeness (QED) is 0.604. The van der Waals surface area contributed by atoms with Crippen molar-refractivity contribution in [2.45, 2.75) is 20.0 Å². The summed E-state index contributed by atoms with van der Waals surface area (Å²) in [6.07, 6.45) is 0.784. The SMILES string of the molecule is Cc1ccc(Nc2ccc(C3CN(C=O)CCO3)c3c(C)cccc23)cc1Cl. The van der Waals surface area contributed by atoms with Gasteiger partial charge in [-0.25, -0.2) is 0 Å². The van der Waals surface area contributed by atoms with E-state index in [0.717, 1.165) is 39.3 Å². The summed E-state index contributed by atoms with van der Waals surface area (Å²) >= 11 is 6.29. The fraction of sp³-hybridized carbons (Fsp3) is 0.261. The molecule has 1 heterocycles. The highest BCUT2D eigenvalue weighted by atomic mass is 35.5. The summed E-state index contributed by atoms with van der Waals surface area (Å²) in [6, 6.07) is 16.5. The first-order valence-electron chi connectivity index (χ1n) is 9.43. The van der Waals surface area contributed by atoms with Gasteiger partial charge in [-0.15, -0.1) is 0 Å². The highest BCUT2D eigenvalue weighted by Gasteiger charge is 2.23. The molecule has 144 valence electrons. The Hall–Kier alpha value is -2.56. The average Bonchev–Trinajstić information content (AvgIpc) is 2.71. The first kappa shape index (κ1) is 18.8. The maximum atomic E-state index is 11.2. The number of morpholine rings is 1. The van der Waals surface area contributed by atoms with E-state index < -0.39 is 0 Å². The Labute approximate surface area is 170 Å². The molecule has 1 saturated heterocycles. The van der Waals surface area contributed by atoms with Crippen LogP contribution in [0.3, 0.4) is 0 Å². The predicted octanol–water partition coefficient (Wildman–Crippen LogP) is 5.38. The van der Waals surface area contributed by atoms with Gasteiger partial charge >= 0.3 is 0 Å². The van der Waals surface area contributed by atoms with Gasteiger partial charge in [-0.05, 0) is 54.1 Å². The number of carbonyl (C=O) groups excluding carboxylic acids is 1. The molecule has 5 heteroatoms. The Morgan fingerprint density at radius 3 is 2.79 bits per heavy atom. The van der Waals surface area contributed by atoms with Crippen molar-refractivity contribution >= 4 is 40.2 Å². The van der Waals surface area contributed by atoms with Gasteiger partial charge in [-0.3, -0.25) is 4.79 Å². The van der Waals surface area contributed by atoms with Crippen molar-refractivity contribution < 1.29 is 9.53 Å². The number of halogens is 1. The molecule has 0 radical (unpaired) electrons. The summed E-state index contributed by atoms with van der Waals surface area (Å²) in [4.78, 5) is 13.0. The second-order valence-electron chi connectivity index (χ2n) is 7.25. The number of rotatable bonds is 4. The summed E-state index contributed by atoms with van der Waals surface area (Å²) < 4.78 is 6.01. The van der Waals surface area contributed by atoms with Crippen LogP contribution in [0.5, 0.6) is 0 Å². The molecule has 0 aromatic heterocycles. The van der Waals surface area contributed by atoms with E-state index in [1.807, 2.05) is 25.1 Å². The Kier molecular flexibility index (Phi) is 5.25. The van der Waals surface area contributed by atoms with Crippen LogP contribution < -0.4 is 5.32 Å². The molecular formula is C23H23ClN2O2. The smallest absolute Gasteiger partial charge is 0.209 e. The fourth-order valence-electron chi connectivity index (χ4n) is 3.78. The van der Waals surface area contributed by atoms with Crippen LogP contribution in [-0.2, 0) is 9.53 Å². The van der Waals surface area contributed by atoms with Crippen molar-refractivity contribution in [1.29, 1.82) is 0 Å². The minimum Gasteiger partial charge on any atom is -0.370 e. The molecular weight excluding hydrogens is 372 g/mol. The van der Waals surface area contributed by atoms with E-state index in [9.17, 15) is 4.79 Å². The number of hydrogen-bond donors (Lipinski definition) is 1. The maximum Gasteiger partial charge on any atom is 0.209 e. The standard InChI is InChI=1S/C23H23ClN2O2/c1-15-6-7-17(12-20(15)24)25-21-9-8-19(22-13-26(14-27)10-11-28-22)23-16(2)4-3-5-18(21)23/h3-9,12,14,22,25H,10-11,13H2,1-2H3. The molecule has 1 atom stereocenters. The van der Waals surface area contributed by atoms with Gasteiger partial charge in [-0.1, -0.05) is 41.9 Å². The van der Waals surface area contributed by atoms with Crippen LogP contribution in [0.1, 0.15) is 22.8 Å². The van der Waals surface area contributed by atoms with Gasteiger partial charge < -0.3 is 15.0 Å². The monoisotopic (exact) mass is 394 g/mol. The number of amides is 1. The van der Waals surface area contributed by atoms with E-state index in [4.69, 9.17) is 16.3 Å². The third-order valence-electron chi connectivity index (χ3n) is 5.33. The highest BCUT2D eigenvalue weighted by molar-refractivity contribution is 6.31. The van der Waals surface area contributed by atoms with Crippen LogP contribution in [0.15, 0.2) is 48.5 Å². The fourth-order valence-corrected chi connectivity index (χ4v) is 3.96. The topological polar surface area (TPSA) is 41.6 Å². The Morgan fingerprint density at radius 2 is 2.00 bits per heavy atom. The molecule has 1 aliphatic rings. The summed E-state index contributed by atoms with van der Waals surface area (Å²) in [7, 11) is 0. The molecule has 4 nitrogen and oxygen atoms in total. The molecule has 1 N–H and O–H groups in total. The van der Waals surface area contributed by atoms with Crippen LogP contribution >= 0.6 is 11.6 Å². The zero-order chi connectivity index (χ0) is 19.7. The number of hydrogen-bond acceptors (Lipinski definition) is 3. The van der Waals surface area contributed by atoms with Crippen LogP contribution in [0.25, 0.3) is 10.8 Å². The van der Waals surface area contributed by atoms with Crippen molar-refractivity contribution in [2.24, 2.45) is 0 Å². The van der Waals surface area contributed by atoms with Gasteiger partial charge in [0.2, 0.25) is 6.41 Å². The second kappa shape index (κ2) is 7.82. The van der Waals surface area contributed by atoms with E-state index in [1.54, 1.807) is 4.90 Å². The second-order valence-corrected chi connectivity index (χ2v) is 7.66. The third kappa shape index (κ3) is 3.58. The van der Waals surface area contributed by atoms with Crippen molar-refractivity contribution in [3.63, 3.8) is 0 Å². The Balaban J connectivity index is 1.77. The Morgan fingerprint density at radius 1 is 1.14 bits per heavy atom. The van der Waals surface area contributed by atoms with Crippen LogP contribution in [0, 0.1) is 13.8 Å². The molecule has 1 fully saturated rings. The summed E-state index contributed by atoms with van der Waals surface area (Å²) in [6.45, 7) is 5.88. The lowest BCUT2D eigenvalue weighted by molar-refractivity contribution is -0.125. The minimum absolute atomic E-state index is 0.120. The zero-order valence-corrected chi connectivity index (χ0v) is 16.8. The van der Waals surface area contributed by atoms with Crippen LogP contribution in [0.4, 0.5) is 11.4 Å². The number of aryl methyl sites for hydroxylation is 2. The number of fused-ring (bicyclic) bond motifs is 1. The largest absolute Gasteiger partial charge is 0.370 e. The first-order valence-corrected chi connectivity index (χ1v) is 9.81. The highest BCUT2D eigenvalue weighted by Crippen LogP contribution is 2.36. The van der Waals surface area contributed by atoms with E-state index >= 15 is 0 Å². The molecule has 0 aliphatic carbocycles. The van der Waals surface area contributed by atoms with Crippen molar-refractivity contribution in [3.8, 4) is 0 Å². The first-order chi connectivity index (χ1) is 13.6. The van der Waals surface area contributed by atoms with Gasteiger partial charge in [0.25, 0.3) is 0 Å². The zero-order valence-electron chi connectivity index (χ0n) is 16.0. The number of carbonyl (C=O) groups is 1. The summed E-state index contributed by atoms with van der Waals surface area (Å²) in [5.74, 6) is 0. The molecule has 3 aromatic carbocycles. The summed E-state index contributed by atoms with van der Waals surface area (Å²) in [5, 5.41) is 6.54. The van der Waals surface area contributed by atoms with E-state index in [-0.39, 0.29) is 6.10 Å². The van der Waals surface area contributed by atoms with Crippen molar-refractivity contribution in [3.05, 3.63) is 70.2 Å². The van der Waals surface area contributed by atoms with E-state index in [0.29, 0.717) is 19.7 Å². The maximum absolute atomic E-state index is 11.2. The number of ether oxygens (including phenoxy) is 1. The minimum atomic E-state index is -0.120.